The van der Waals surface area contributed by atoms with Gasteiger partial charge < -0.3 is 9.64 Å². The van der Waals surface area contributed by atoms with Crippen molar-refractivity contribution in [2.24, 2.45) is 0 Å². The molecule has 2 aromatic rings. The van der Waals surface area contributed by atoms with Crippen molar-refractivity contribution in [1.29, 1.82) is 0 Å². The van der Waals surface area contributed by atoms with Crippen molar-refractivity contribution in [1.82, 2.24) is 0 Å². The third-order valence-corrected chi connectivity index (χ3v) is 4.73. The zero-order valence-electron chi connectivity index (χ0n) is 13.3. The Kier molecular flexibility index (Phi) is 4.83. The number of amides is 1. The van der Waals surface area contributed by atoms with E-state index in [2.05, 4.69) is 0 Å². The predicted octanol–water partition coefficient (Wildman–Crippen LogP) is 4.50. The summed E-state index contributed by atoms with van der Waals surface area (Å²) in [6.07, 6.45) is 1.49. The van der Waals surface area contributed by atoms with Gasteiger partial charge in [0.2, 0.25) is 0 Å². The van der Waals surface area contributed by atoms with Crippen LogP contribution in [-0.2, 0) is 6.42 Å². The molecule has 0 atom stereocenters. The highest BCUT2D eigenvalue weighted by Crippen LogP contribution is 2.38. The van der Waals surface area contributed by atoms with Crippen LogP contribution in [0.25, 0.3) is 0 Å². The van der Waals surface area contributed by atoms with E-state index in [-0.39, 0.29) is 27.0 Å². The van der Waals surface area contributed by atoms with Crippen LogP contribution in [0.1, 0.15) is 22.3 Å². The topological polar surface area (TPSA) is 72.7 Å². The molecule has 0 saturated heterocycles. The van der Waals surface area contributed by atoms with Gasteiger partial charge in [0, 0.05) is 18.7 Å². The Balaban J connectivity index is 2.11. The fourth-order valence-electron chi connectivity index (χ4n) is 2.95. The average molecular weight is 381 g/mol. The molecule has 2 aromatic carbocycles. The number of nitro benzene ring substituents is 1. The molecule has 6 nitrogen and oxygen atoms in total. The molecule has 3 rings (SSSR count). The van der Waals surface area contributed by atoms with Crippen LogP contribution < -0.4 is 9.64 Å². The zero-order chi connectivity index (χ0) is 18.1. The Morgan fingerprint density at radius 1 is 1.24 bits per heavy atom. The Morgan fingerprint density at radius 2 is 1.96 bits per heavy atom. The second-order valence-electron chi connectivity index (χ2n) is 5.57. The first-order valence-electron chi connectivity index (χ1n) is 7.55. The van der Waals surface area contributed by atoms with E-state index >= 15 is 0 Å². The van der Waals surface area contributed by atoms with E-state index in [0.29, 0.717) is 12.2 Å². The van der Waals surface area contributed by atoms with Crippen molar-refractivity contribution in [3.63, 3.8) is 0 Å². The number of non-ortho nitro benzene ring substituents is 1. The minimum absolute atomic E-state index is 0.0670. The Hall–Kier alpha value is -2.31. The van der Waals surface area contributed by atoms with Gasteiger partial charge in [-0.1, -0.05) is 29.3 Å². The summed E-state index contributed by atoms with van der Waals surface area (Å²) in [6, 6.07) is 7.62. The van der Waals surface area contributed by atoms with Gasteiger partial charge in [0.25, 0.3) is 11.6 Å². The molecule has 1 amide bonds. The number of hydrogen-bond donors (Lipinski definition) is 0. The molecule has 0 fully saturated rings. The van der Waals surface area contributed by atoms with Gasteiger partial charge in [-0.15, -0.1) is 0 Å². The summed E-state index contributed by atoms with van der Waals surface area (Å²) >= 11 is 12.3. The first-order chi connectivity index (χ1) is 11.9. The number of ether oxygens (including phenoxy) is 1. The van der Waals surface area contributed by atoms with Crippen LogP contribution >= 0.6 is 23.2 Å². The van der Waals surface area contributed by atoms with E-state index in [9.17, 15) is 14.9 Å². The van der Waals surface area contributed by atoms with Crippen molar-refractivity contribution in [3.05, 3.63) is 61.6 Å². The molecule has 8 heteroatoms. The number of nitrogens with zero attached hydrogens (tertiary/aromatic N) is 2. The molecule has 130 valence electrons. The number of fused-ring (bicyclic) bond motifs is 1. The highest BCUT2D eigenvalue weighted by molar-refractivity contribution is 6.38. The van der Waals surface area contributed by atoms with E-state index in [0.717, 1.165) is 18.4 Å². The number of carbonyl (C=O) groups excluding carboxylic acids is 1. The maximum Gasteiger partial charge on any atom is 0.271 e. The molecule has 1 heterocycles. The largest absolute Gasteiger partial charge is 0.494 e. The summed E-state index contributed by atoms with van der Waals surface area (Å²) in [5, 5.41) is 11.6. The van der Waals surface area contributed by atoms with Crippen LogP contribution in [0.15, 0.2) is 30.3 Å². The number of halogens is 2. The first-order valence-corrected chi connectivity index (χ1v) is 8.30. The number of carbonyl (C=O) groups is 1. The van der Waals surface area contributed by atoms with E-state index in [1.807, 2.05) is 0 Å². The average Bonchev–Trinajstić information content (AvgIpc) is 2.61. The van der Waals surface area contributed by atoms with Gasteiger partial charge in [-0.2, -0.15) is 0 Å². The summed E-state index contributed by atoms with van der Waals surface area (Å²) < 4.78 is 5.25. The Labute approximate surface area is 154 Å². The molecule has 25 heavy (non-hydrogen) atoms. The number of nitro groups is 1. The molecule has 0 spiro atoms. The summed E-state index contributed by atoms with van der Waals surface area (Å²) in [5.74, 6) is -0.206. The Bertz CT molecular complexity index is 870. The van der Waals surface area contributed by atoms with Gasteiger partial charge in [0.15, 0.2) is 5.75 Å². The third-order valence-electron chi connectivity index (χ3n) is 4.12. The molecule has 0 N–H and O–H groups in total. The second-order valence-corrected chi connectivity index (χ2v) is 6.38. The lowest BCUT2D eigenvalue weighted by molar-refractivity contribution is -0.384. The normalized spacial score (nSPS) is 13.3. The van der Waals surface area contributed by atoms with E-state index in [1.165, 1.54) is 30.2 Å². The van der Waals surface area contributed by atoms with Crippen molar-refractivity contribution in [2.45, 2.75) is 12.8 Å². The van der Waals surface area contributed by atoms with Crippen LogP contribution in [0.3, 0.4) is 0 Å². The quantitative estimate of drug-likeness (QED) is 0.580. The highest BCUT2D eigenvalue weighted by Gasteiger charge is 2.29. The van der Waals surface area contributed by atoms with Gasteiger partial charge >= 0.3 is 0 Å². The molecule has 0 radical (unpaired) electrons. The zero-order valence-corrected chi connectivity index (χ0v) is 14.8. The van der Waals surface area contributed by atoms with Crippen molar-refractivity contribution >= 4 is 40.5 Å². The summed E-state index contributed by atoms with van der Waals surface area (Å²) in [6.45, 7) is 0.430. The molecule has 0 saturated carbocycles. The van der Waals surface area contributed by atoms with Crippen molar-refractivity contribution in [2.75, 3.05) is 18.6 Å². The van der Waals surface area contributed by atoms with Crippen molar-refractivity contribution < 1.29 is 14.5 Å². The van der Waals surface area contributed by atoms with E-state index < -0.39 is 10.8 Å². The maximum absolute atomic E-state index is 13.1. The van der Waals surface area contributed by atoms with Crippen LogP contribution in [0.4, 0.5) is 11.4 Å². The standard InChI is InChI=1S/C17H14Cl2N2O4/c1-25-16-13(19)7-6-12(18)15(16)17(22)20-8-2-3-10-4-5-11(21(23)24)9-14(10)20/h4-7,9H,2-3,8H2,1H3. The maximum atomic E-state index is 13.1. The fraction of sp³-hybridized carbons (Fsp3) is 0.235. The van der Waals surface area contributed by atoms with Crippen LogP contribution in [0.5, 0.6) is 5.75 Å². The van der Waals surface area contributed by atoms with Gasteiger partial charge in [-0.25, -0.2) is 0 Å². The molecule has 0 aliphatic carbocycles. The number of anilines is 1. The van der Waals surface area contributed by atoms with Gasteiger partial charge in [0.05, 0.1) is 27.8 Å². The van der Waals surface area contributed by atoms with Gasteiger partial charge in [-0.05, 0) is 30.5 Å². The number of rotatable bonds is 3. The Morgan fingerprint density at radius 3 is 2.64 bits per heavy atom. The first kappa shape index (κ1) is 17.5. The fourth-order valence-corrected chi connectivity index (χ4v) is 3.42. The molecular formula is C17H14Cl2N2O4. The summed E-state index contributed by atoms with van der Waals surface area (Å²) in [4.78, 5) is 25.2. The highest BCUT2D eigenvalue weighted by atomic mass is 35.5. The lowest BCUT2D eigenvalue weighted by Gasteiger charge is -2.30. The number of benzene rings is 2. The smallest absolute Gasteiger partial charge is 0.271 e. The number of hydrogen-bond acceptors (Lipinski definition) is 4. The van der Waals surface area contributed by atoms with Crippen LogP contribution in [0, 0.1) is 10.1 Å². The number of aryl methyl sites for hydroxylation is 1. The molecule has 0 bridgehead atoms. The molecule has 0 aromatic heterocycles. The lowest BCUT2D eigenvalue weighted by atomic mass is 10.00. The second kappa shape index (κ2) is 6.90. The van der Waals surface area contributed by atoms with E-state index in [4.69, 9.17) is 27.9 Å². The van der Waals surface area contributed by atoms with Crippen LogP contribution in [0.2, 0.25) is 10.0 Å². The predicted molar refractivity (Wildman–Crippen MR) is 96.1 cm³/mol. The summed E-state index contributed by atoms with van der Waals surface area (Å²) in [7, 11) is 1.41. The van der Waals surface area contributed by atoms with Gasteiger partial charge in [-0.3, -0.25) is 14.9 Å². The number of methoxy groups -OCH3 is 1. The summed E-state index contributed by atoms with van der Waals surface area (Å²) in [5.41, 5.74) is 1.48. The third kappa shape index (κ3) is 3.15. The minimum Gasteiger partial charge on any atom is -0.494 e. The molecular weight excluding hydrogens is 367 g/mol. The lowest BCUT2D eigenvalue weighted by Crippen LogP contribution is -2.36. The monoisotopic (exact) mass is 380 g/mol. The van der Waals surface area contributed by atoms with Gasteiger partial charge in [0.1, 0.15) is 5.56 Å². The molecule has 1 aliphatic rings. The van der Waals surface area contributed by atoms with Crippen LogP contribution in [-0.4, -0.2) is 24.5 Å². The van der Waals surface area contributed by atoms with E-state index in [1.54, 1.807) is 12.1 Å². The molecule has 0 unspecified atom stereocenters. The van der Waals surface area contributed by atoms with Crippen molar-refractivity contribution in [3.8, 4) is 5.75 Å². The molecule has 1 aliphatic heterocycles. The minimum atomic E-state index is -0.482. The SMILES string of the molecule is COc1c(Cl)ccc(Cl)c1C(=O)N1CCCc2ccc([N+](=O)[O-])cc21.